The maximum atomic E-state index is 12.7. The van der Waals surface area contributed by atoms with Gasteiger partial charge in [-0.2, -0.15) is 9.61 Å². The minimum atomic E-state index is -0.321. The Morgan fingerprint density at radius 2 is 2.04 bits per heavy atom. The molecule has 3 rings (SSSR count). The van der Waals surface area contributed by atoms with Gasteiger partial charge in [0.05, 0.1) is 5.92 Å². The Hall–Kier alpha value is -2.54. The summed E-state index contributed by atoms with van der Waals surface area (Å²) in [4.78, 5) is 29.4. The van der Waals surface area contributed by atoms with Crippen molar-refractivity contribution in [3.8, 4) is 0 Å². The molecule has 6 nitrogen and oxygen atoms in total. The lowest BCUT2D eigenvalue weighted by Crippen LogP contribution is -2.22. The van der Waals surface area contributed by atoms with Gasteiger partial charge in [-0.25, -0.2) is 4.98 Å². The van der Waals surface area contributed by atoms with E-state index in [9.17, 15) is 9.59 Å². The van der Waals surface area contributed by atoms with E-state index >= 15 is 0 Å². The quantitative estimate of drug-likeness (QED) is 0.622. The molecule has 2 atom stereocenters. The van der Waals surface area contributed by atoms with E-state index in [1.54, 1.807) is 6.92 Å². The first kappa shape index (κ1) is 18.3. The molecule has 2 aromatic heterocycles. The van der Waals surface area contributed by atoms with Crippen molar-refractivity contribution in [1.82, 2.24) is 14.6 Å². The van der Waals surface area contributed by atoms with Crippen molar-refractivity contribution in [1.29, 1.82) is 0 Å². The lowest BCUT2D eigenvalue weighted by molar-refractivity contribution is -0.148. The van der Waals surface area contributed by atoms with Gasteiger partial charge < -0.3 is 4.74 Å². The molecule has 0 aliphatic heterocycles. The van der Waals surface area contributed by atoms with Crippen LogP contribution in [0.5, 0.6) is 0 Å². The van der Waals surface area contributed by atoms with E-state index in [-0.39, 0.29) is 30.0 Å². The van der Waals surface area contributed by atoms with Crippen LogP contribution in [0.3, 0.4) is 0 Å². The Bertz CT molecular complexity index is 965. The van der Waals surface area contributed by atoms with Crippen molar-refractivity contribution in [2.24, 2.45) is 5.92 Å². The van der Waals surface area contributed by atoms with Gasteiger partial charge in [0, 0.05) is 11.8 Å². The van der Waals surface area contributed by atoms with Gasteiger partial charge in [-0.3, -0.25) is 9.59 Å². The molecule has 0 fully saturated rings. The minimum Gasteiger partial charge on any atom is -0.458 e. The second-order valence-corrected chi connectivity index (χ2v) is 7.35. The fourth-order valence-corrected chi connectivity index (χ4v) is 3.69. The van der Waals surface area contributed by atoms with Gasteiger partial charge in [0.25, 0.3) is 5.56 Å². The number of fused-ring (bicyclic) bond motifs is 1. The first-order chi connectivity index (χ1) is 12.5. The number of esters is 1. The molecule has 0 amide bonds. The zero-order valence-electron chi connectivity index (χ0n) is 15.0. The van der Waals surface area contributed by atoms with Crippen LogP contribution in [0.25, 0.3) is 4.96 Å². The van der Waals surface area contributed by atoms with E-state index in [0.29, 0.717) is 15.7 Å². The van der Waals surface area contributed by atoms with Crippen molar-refractivity contribution < 1.29 is 9.53 Å². The van der Waals surface area contributed by atoms with Crippen molar-refractivity contribution in [2.45, 2.75) is 39.7 Å². The maximum absolute atomic E-state index is 12.7. The molecule has 3 aromatic rings. The first-order valence-corrected chi connectivity index (χ1v) is 9.39. The summed E-state index contributed by atoms with van der Waals surface area (Å²) in [6.07, 6.45) is 0.869. The summed E-state index contributed by atoms with van der Waals surface area (Å²) < 4.78 is 6.77. The highest BCUT2D eigenvalue weighted by molar-refractivity contribution is 7.16. The molecule has 0 aliphatic carbocycles. The minimum absolute atomic E-state index is 0.0329. The van der Waals surface area contributed by atoms with Gasteiger partial charge in [-0.15, -0.1) is 0 Å². The number of ether oxygens (including phenoxy) is 1. The Kier molecular flexibility index (Phi) is 5.46. The summed E-state index contributed by atoms with van der Waals surface area (Å²) in [6.45, 7) is 5.90. The van der Waals surface area contributed by atoms with Gasteiger partial charge in [0.15, 0.2) is 5.01 Å². The molecule has 7 heteroatoms. The van der Waals surface area contributed by atoms with E-state index in [4.69, 9.17) is 4.74 Å². The third kappa shape index (κ3) is 3.83. The molecular formula is C19H21N3O3S. The molecule has 26 heavy (non-hydrogen) atoms. The van der Waals surface area contributed by atoms with Gasteiger partial charge >= 0.3 is 5.97 Å². The standard InChI is InChI=1S/C19H21N3O3S/c1-4-12(2)17(14-8-6-5-7-9-14)18(24)25-11-15-21-22-16(23)10-13(3)20-19(22)26-15/h5-10,12,17H,4,11H2,1-3H3/t12-,17+/m1/s1. The van der Waals surface area contributed by atoms with Gasteiger partial charge in [-0.1, -0.05) is 61.9 Å². The summed E-state index contributed by atoms with van der Waals surface area (Å²) in [7, 11) is 0. The van der Waals surface area contributed by atoms with Crippen LogP contribution in [0.4, 0.5) is 0 Å². The summed E-state index contributed by atoms with van der Waals surface area (Å²) in [6, 6.07) is 11.1. The molecular weight excluding hydrogens is 350 g/mol. The normalized spacial score (nSPS) is 13.5. The van der Waals surface area contributed by atoms with Crippen molar-refractivity contribution in [3.63, 3.8) is 0 Å². The zero-order valence-corrected chi connectivity index (χ0v) is 15.8. The predicted octanol–water partition coefficient (Wildman–Crippen LogP) is 3.33. The molecule has 0 aliphatic rings. The summed E-state index contributed by atoms with van der Waals surface area (Å²) in [5.74, 6) is -0.438. The number of nitrogens with zero attached hydrogens (tertiary/aromatic N) is 3. The highest BCUT2D eigenvalue weighted by Crippen LogP contribution is 2.28. The smallest absolute Gasteiger partial charge is 0.314 e. The number of rotatable bonds is 6. The molecule has 0 N–H and O–H groups in total. The molecule has 1 aromatic carbocycles. The van der Waals surface area contributed by atoms with Crippen LogP contribution < -0.4 is 5.56 Å². The number of aromatic nitrogens is 3. The fourth-order valence-electron chi connectivity index (χ4n) is 2.83. The highest BCUT2D eigenvalue weighted by Gasteiger charge is 2.27. The van der Waals surface area contributed by atoms with Crippen LogP contribution in [0.2, 0.25) is 0 Å². The number of carbonyl (C=O) groups excluding carboxylic acids is 1. The molecule has 0 saturated carbocycles. The molecule has 136 valence electrons. The van der Waals surface area contributed by atoms with Crippen LogP contribution in [0, 0.1) is 12.8 Å². The molecule has 2 heterocycles. The van der Waals surface area contributed by atoms with Crippen LogP contribution in [0.15, 0.2) is 41.2 Å². The molecule has 0 saturated heterocycles. The second kappa shape index (κ2) is 7.78. The van der Waals surface area contributed by atoms with E-state index in [0.717, 1.165) is 12.0 Å². The van der Waals surface area contributed by atoms with E-state index in [1.165, 1.54) is 21.9 Å². The number of hydrogen-bond donors (Lipinski definition) is 0. The highest BCUT2D eigenvalue weighted by atomic mass is 32.1. The fraction of sp³-hybridized carbons (Fsp3) is 0.368. The lowest BCUT2D eigenvalue weighted by atomic mass is 9.86. The van der Waals surface area contributed by atoms with Crippen LogP contribution >= 0.6 is 11.3 Å². The second-order valence-electron chi connectivity index (χ2n) is 6.31. The average molecular weight is 371 g/mol. The third-order valence-corrected chi connectivity index (χ3v) is 5.26. The van der Waals surface area contributed by atoms with E-state index < -0.39 is 0 Å². The van der Waals surface area contributed by atoms with Gasteiger partial charge in [-0.05, 0) is 18.4 Å². The Labute approximate surface area is 155 Å². The Balaban J connectivity index is 1.78. The number of aryl methyl sites for hydroxylation is 1. The zero-order chi connectivity index (χ0) is 18.7. The van der Waals surface area contributed by atoms with Crippen LogP contribution in [0.1, 0.15) is 42.5 Å². The number of hydrogen-bond acceptors (Lipinski definition) is 6. The Morgan fingerprint density at radius 1 is 1.31 bits per heavy atom. The first-order valence-electron chi connectivity index (χ1n) is 8.57. The Morgan fingerprint density at radius 3 is 2.73 bits per heavy atom. The van der Waals surface area contributed by atoms with Crippen LogP contribution in [-0.4, -0.2) is 20.6 Å². The lowest BCUT2D eigenvalue weighted by Gasteiger charge is -2.21. The largest absolute Gasteiger partial charge is 0.458 e. The number of carbonyl (C=O) groups is 1. The summed E-state index contributed by atoms with van der Waals surface area (Å²) >= 11 is 1.25. The monoisotopic (exact) mass is 371 g/mol. The molecule has 0 bridgehead atoms. The van der Waals surface area contributed by atoms with Crippen molar-refractivity contribution >= 4 is 22.3 Å². The topological polar surface area (TPSA) is 73.6 Å². The molecule has 0 radical (unpaired) electrons. The van der Waals surface area contributed by atoms with Crippen molar-refractivity contribution in [2.75, 3.05) is 0 Å². The third-order valence-electron chi connectivity index (χ3n) is 4.38. The SMILES string of the molecule is CC[C@@H](C)[C@H](C(=O)OCc1nn2c(=O)cc(C)nc2s1)c1ccccc1. The number of benzene rings is 1. The molecule has 0 spiro atoms. The van der Waals surface area contributed by atoms with Crippen molar-refractivity contribution in [3.05, 3.63) is 63.0 Å². The average Bonchev–Trinajstić information content (AvgIpc) is 3.04. The van der Waals surface area contributed by atoms with Gasteiger partial charge in [0.1, 0.15) is 6.61 Å². The van der Waals surface area contributed by atoms with Crippen LogP contribution in [-0.2, 0) is 16.1 Å². The van der Waals surface area contributed by atoms with E-state index in [2.05, 4.69) is 17.0 Å². The summed E-state index contributed by atoms with van der Waals surface area (Å²) in [5.41, 5.74) is 1.36. The van der Waals surface area contributed by atoms with Gasteiger partial charge in [0.2, 0.25) is 4.96 Å². The summed E-state index contributed by atoms with van der Waals surface area (Å²) in [5, 5.41) is 4.75. The maximum Gasteiger partial charge on any atom is 0.314 e. The molecule has 0 unspecified atom stereocenters. The van der Waals surface area contributed by atoms with E-state index in [1.807, 2.05) is 37.3 Å². The predicted molar refractivity (Wildman–Crippen MR) is 100 cm³/mol.